The molecule has 2 aromatic rings. The van der Waals surface area contributed by atoms with Gasteiger partial charge in [-0.15, -0.1) is 0 Å². The van der Waals surface area contributed by atoms with Gasteiger partial charge in [0.05, 0.1) is 11.1 Å². The Kier molecular flexibility index (Phi) is 4.33. The molecule has 0 bridgehead atoms. The summed E-state index contributed by atoms with van der Waals surface area (Å²) in [4.78, 5) is 11.5. The van der Waals surface area contributed by atoms with Gasteiger partial charge in [-0.2, -0.15) is 26.3 Å². The molecule has 0 aromatic heterocycles. The molecule has 1 N–H and O–H groups in total. The van der Waals surface area contributed by atoms with Crippen LogP contribution in [0.5, 0.6) is 5.75 Å². The average molecular weight is 375 g/mol. The molecule has 0 saturated carbocycles. The maximum Gasteiger partial charge on any atom is 0.416 e. The highest BCUT2D eigenvalue weighted by atomic mass is 19.4. The lowest BCUT2D eigenvalue weighted by Crippen LogP contribution is -2.12. The maximum atomic E-state index is 12.8. The van der Waals surface area contributed by atoms with E-state index in [0.29, 0.717) is 23.3 Å². The highest BCUT2D eigenvalue weighted by molar-refractivity contribution is 5.98. The van der Waals surface area contributed by atoms with Crippen LogP contribution in [-0.4, -0.2) is 5.91 Å². The zero-order valence-electron chi connectivity index (χ0n) is 13.0. The number of rotatable bonds is 3. The van der Waals surface area contributed by atoms with Crippen LogP contribution < -0.4 is 10.1 Å². The molecule has 3 rings (SSSR count). The zero-order valence-corrected chi connectivity index (χ0v) is 13.0. The topological polar surface area (TPSA) is 38.3 Å². The lowest BCUT2D eigenvalue weighted by molar-refractivity contribution is -0.143. The van der Waals surface area contributed by atoms with Crippen molar-refractivity contribution in [2.75, 3.05) is 0 Å². The summed E-state index contributed by atoms with van der Waals surface area (Å²) in [5, 5.41) is 2.59. The van der Waals surface area contributed by atoms with E-state index in [9.17, 15) is 31.1 Å². The van der Waals surface area contributed by atoms with Crippen molar-refractivity contribution >= 4 is 5.91 Å². The summed E-state index contributed by atoms with van der Waals surface area (Å²) in [6, 6.07) is 5.74. The van der Waals surface area contributed by atoms with Crippen LogP contribution in [0.25, 0.3) is 0 Å². The number of hydrogen-bond acceptors (Lipinski definition) is 2. The molecule has 0 fully saturated rings. The van der Waals surface area contributed by atoms with Crippen molar-refractivity contribution in [3.63, 3.8) is 0 Å². The Labute approximate surface area is 143 Å². The van der Waals surface area contributed by atoms with E-state index in [0.717, 1.165) is 0 Å². The van der Waals surface area contributed by atoms with Gasteiger partial charge in [-0.25, -0.2) is 0 Å². The molecule has 1 aliphatic heterocycles. The molecule has 9 heteroatoms. The molecule has 0 saturated heterocycles. The van der Waals surface area contributed by atoms with E-state index in [2.05, 4.69) is 5.32 Å². The van der Waals surface area contributed by atoms with Crippen LogP contribution in [0.15, 0.2) is 36.4 Å². The molecule has 0 spiro atoms. The molecule has 26 heavy (non-hydrogen) atoms. The van der Waals surface area contributed by atoms with Gasteiger partial charge >= 0.3 is 12.4 Å². The Morgan fingerprint density at radius 3 is 2.12 bits per heavy atom. The van der Waals surface area contributed by atoms with Crippen molar-refractivity contribution in [1.82, 2.24) is 5.32 Å². The molecule has 0 atom stereocenters. The Morgan fingerprint density at radius 2 is 1.54 bits per heavy atom. The number of benzene rings is 2. The Morgan fingerprint density at radius 1 is 0.923 bits per heavy atom. The number of alkyl halides is 6. The van der Waals surface area contributed by atoms with E-state index in [-0.39, 0.29) is 29.8 Å². The van der Waals surface area contributed by atoms with Crippen molar-refractivity contribution in [3.05, 3.63) is 64.2 Å². The molecule has 2 aromatic carbocycles. The fraction of sp³-hybridized carbons (Fsp3) is 0.235. The van der Waals surface area contributed by atoms with Crippen LogP contribution in [0, 0.1) is 0 Å². The van der Waals surface area contributed by atoms with E-state index >= 15 is 0 Å². The van der Waals surface area contributed by atoms with Crippen LogP contribution >= 0.6 is 0 Å². The SMILES string of the molecule is O=C1NCc2cc(OCc3cc(C(F)(F)F)cc(C(F)(F)F)c3)ccc21. The van der Waals surface area contributed by atoms with Crippen LogP contribution in [0.3, 0.4) is 0 Å². The minimum Gasteiger partial charge on any atom is -0.489 e. The maximum absolute atomic E-state index is 12.8. The van der Waals surface area contributed by atoms with Crippen molar-refractivity contribution in [3.8, 4) is 5.75 Å². The summed E-state index contributed by atoms with van der Waals surface area (Å²) in [6.07, 6.45) is -9.81. The van der Waals surface area contributed by atoms with E-state index in [4.69, 9.17) is 4.74 Å². The van der Waals surface area contributed by atoms with Gasteiger partial charge in [-0.3, -0.25) is 4.79 Å². The third-order valence-corrected chi connectivity index (χ3v) is 3.81. The first-order valence-corrected chi connectivity index (χ1v) is 7.36. The zero-order chi connectivity index (χ0) is 19.1. The number of amides is 1. The summed E-state index contributed by atoms with van der Waals surface area (Å²) in [7, 11) is 0. The fourth-order valence-electron chi connectivity index (χ4n) is 2.57. The summed E-state index contributed by atoms with van der Waals surface area (Å²) < 4.78 is 82.3. The monoisotopic (exact) mass is 375 g/mol. The van der Waals surface area contributed by atoms with Gasteiger partial charge < -0.3 is 10.1 Å². The van der Waals surface area contributed by atoms with Gasteiger partial charge in [0, 0.05) is 12.1 Å². The first-order chi connectivity index (χ1) is 12.0. The number of carbonyl (C=O) groups excluding carboxylic acids is 1. The number of ether oxygens (including phenoxy) is 1. The smallest absolute Gasteiger partial charge is 0.416 e. The number of halogens is 6. The first-order valence-electron chi connectivity index (χ1n) is 7.36. The molecule has 138 valence electrons. The number of hydrogen-bond donors (Lipinski definition) is 1. The Balaban J connectivity index is 1.84. The van der Waals surface area contributed by atoms with Crippen molar-refractivity contribution in [1.29, 1.82) is 0 Å². The van der Waals surface area contributed by atoms with Gasteiger partial charge in [0.2, 0.25) is 0 Å². The van der Waals surface area contributed by atoms with Gasteiger partial charge in [0.25, 0.3) is 5.91 Å². The predicted octanol–water partition coefficient (Wildman–Crippen LogP) is 4.55. The molecular weight excluding hydrogens is 364 g/mol. The minimum absolute atomic E-state index is 0.0657. The predicted molar refractivity (Wildman–Crippen MR) is 78.4 cm³/mol. The lowest BCUT2D eigenvalue weighted by atomic mass is 10.1. The van der Waals surface area contributed by atoms with Gasteiger partial charge in [-0.1, -0.05) is 0 Å². The third kappa shape index (κ3) is 3.76. The van der Waals surface area contributed by atoms with E-state index in [1.165, 1.54) is 18.2 Å². The number of carbonyl (C=O) groups is 1. The summed E-state index contributed by atoms with van der Waals surface area (Å²) in [6.45, 7) is -0.194. The molecule has 0 unspecified atom stereocenters. The fourth-order valence-corrected chi connectivity index (χ4v) is 2.57. The standard InChI is InChI=1S/C17H11F6NO2/c18-16(19,20)11-3-9(4-12(6-11)17(21,22)23)8-26-13-1-2-14-10(5-13)7-24-15(14)25/h1-6H,7-8H2,(H,24,25). The van der Waals surface area contributed by atoms with Crippen LogP contribution in [0.2, 0.25) is 0 Å². The Hall–Kier alpha value is -2.71. The van der Waals surface area contributed by atoms with Crippen molar-refractivity contribution < 1.29 is 35.9 Å². The average Bonchev–Trinajstić information content (AvgIpc) is 2.92. The summed E-state index contributed by atoms with van der Waals surface area (Å²) in [5.74, 6) is -0.00883. The second kappa shape index (κ2) is 6.22. The molecule has 3 nitrogen and oxygen atoms in total. The highest BCUT2D eigenvalue weighted by Gasteiger charge is 2.36. The van der Waals surface area contributed by atoms with Crippen molar-refractivity contribution in [2.45, 2.75) is 25.5 Å². The van der Waals surface area contributed by atoms with E-state index in [1.807, 2.05) is 0 Å². The molecule has 1 amide bonds. The van der Waals surface area contributed by atoms with Crippen LogP contribution in [-0.2, 0) is 25.5 Å². The van der Waals surface area contributed by atoms with E-state index in [1.54, 1.807) is 0 Å². The summed E-state index contributed by atoms with van der Waals surface area (Å²) >= 11 is 0. The van der Waals surface area contributed by atoms with Gasteiger partial charge in [-0.05, 0) is 47.5 Å². The normalized spacial score (nSPS) is 14.2. The largest absolute Gasteiger partial charge is 0.489 e. The number of fused-ring (bicyclic) bond motifs is 1. The lowest BCUT2D eigenvalue weighted by Gasteiger charge is -2.15. The second-order valence-corrected chi connectivity index (χ2v) is 5.70. The molecule has 1 heterocycles. The molecule has 0 aliphatic carbocycles. The minimum atomic E-state index is -4.91. The van der Waals surface area contributed by atoms with Gasteiger partial charge in [0.15, 0.2) is 0 Å². The summed E-state index contributed by atoms with van der Waals surface area (Å²) in [5.41, 5.74) is -1.95. The molecule has 1 aliphatic rings. The quantitative estimate of drug-likeness (QED) is 0.800. The third-order valence-electron chi connectivity index (χ3n) is 3.81. The highest BCUT2D eigenvalue weighted by Crippen LogP contribution is 2.36. The molecular formula is C17H11F6NO2. The molecule has 0 radical (unpaired) electrons. The van der Waals surface area contributed by atoms with Crippen molar-refractivity contribution in [2.24, 2.45) is 0 Å². The van der Waals surface area contributed by atoms with Crippen LogP contribution in [0.4, 0.5) is 26.3 Å². The first kappa shape index (κ1) is 18.1. The second-order valence-electron chi connectivity index (χ2n) is 5.70. The van der Waals surface area contributed by atoms with Crippen LogP contribution in [0.1, 0.15) is 32.6 Å². The van der Waals surface area contributed by atoms with E-state index < -0.39 is 30.1 Å². The van der Waals surface area contributed by atoms with Gasteiger partial charge in [0.1, 0.15) is 12.4 Å². The Bertz CT molecular complexity index is 825. The number of nitrogens with one attached hydrogen (secondary N) is 1.